The lowest BCUT2D eigenvalue weighted by Crippen LogP contribution is -2.60. The Morgan fingerprint density at radius 2 is 1.74 bits per heavy atom. The van der Waals surface area contributed by atoms with Gasteiger partial charge in [-0.2, -0.15) is 0 Å². The van der Waals surface area contributed by atoms with E-state index in [1.54, 1.807) is 7.11 Å². The number of carbonyl (C=O) groups is 2. The van der Waals surface area contributed by atoms with Crippen LogP contribution in [0.2, 0.25) is 0 Å². The molecule has 6 saturated carbocycles. The topological polar surface area (TPSA) is 111 Å². The second-order valence-electron chi connectivity index (χ2n) is 18.6. The number of fused-ring (bicyclic) bond motifs is 2. The molecule has 2 amide bonds. The molecule has 3 N–H and O–H groups in total. The van der Waals surface area contributed by atoms with Gasteiger partial charge in [0, 0.05) is 31.9 Å². The van der Waals surface area contributed by atoms with E-state index in [1.165, 1.54) is 51.4 Å². The van der Waals surface area contributed by atoms with Crippen molar-refractivity contribution in [3.63, 3.8) is 0 Å². The Labute approximate surface area is 283 Å². The predicted molar refractivity (Wildman–Crippen MR) is 180 cm³/mol. The molecule has 7 aliphatic rings. The van der Waals surface area contributed by atoms with E-state index in [4.69, 9.17) is 19.9 Å². The van der Waals surface area contributed by atoms with Crippen LogP contribution in [0.1, 0.15) is 125 Å². The standard InChI is InChI=1S/C39H64N2O6/c1-24(19-26(45-6)9-12-32(40)43)27-21-30(42)37(5)29-11-10-28-35(2,3)31(13-14-38(28)23-39(29,38)16-15-36(27,37)4)47-34-22-41(17-18-46-34)33(44)20-25-7-8-25/h24-31,34,42H,7-23H2,1-6H3,(H2,40,43)/t24-,26?,27-,28+,29?,30+,31?,34+,36?,37-,38?,39?/m1/s1. The molecule has 47 heavy (non-hydrogen) atoms. The van der Waals surface area contributed by atoms with Crippen molar-refractivity contribution >= 4 is 11.8 Å². The van der Waals surface area contributed by atoms with Gasteiger partial charge in [-0.05, 0) is 128 Å². The lowest BCUT2D eigenvalue weighted by Gasteiger charge is -2.64. The van der Waals surface area contributed by atoms with E-state index in [1.807, 2.05) is 4.90 Å². The second-order valence-corrected chi connectivity index (χ2v) is 18.6. The first-order chi connectivity index (χ1) is 22.2. The highest BCUT2D eigenvalue weighted by Gasteiger charge is 2.83. The number of ether oxygens (including phenoxy) is 3. The van der Waals surface area contributed by atoms with Crippen LogP contribution in [-0.4, -0.2) is 73.2 Å². The maximum absolute atomic E-state index is 12.9. The maximum Gasteiger partial charge on any atom is 0.223 e. The van der Waals surface area contributed by atoms with Gasteiger partial charge in [0.1, 0.15) is 0 Å². The fourth-order valence-corrected chi connectivity index (χ4v) is 13.5. The van der Waals surface area contributed by atoms with Gasteiger partial charge in [-0.15, -0.1) is 0 Å². The first kappa shape index (κ1) is 34.2. The Morgan fingerprint density at radius 3 is 2.45 bits per heavy atom. The molecule has 1 heterocycles. The Morgan fingerprint density at radius 1 is 1.02 bits per heavy atom. The quantitative estimate of drug-likeness (QED) is 0.279. The Bertz CT molecular complexity index is 1220. The van der Waals surface area contributed by atoms with Crippen LogP contribution in [0, 0.1) is 56.7 Å². The van der Waals surface area contributed by atoms with Crippen molar-refractivity contribution in [2.24, 2.45) is 62.4 Å². The molecule has 6 aliphatic carbocycles. The van der Waals surface area contributed by atoms with Gasteiger partial charge < -0.3 is 30.0 Å². The SMILES string of the molecule is COC(CCC(N)=O)C[C@@H](C)[C@H]1C[C@H](O)[C@@]2(C)C3CC[C@H]4C(C)(C)C(O[C@H]5CN(C(=O)CC6CC6)CCO5)CCC45CC35CCC12C. The number of morpholine rings is 1. The minimum absolute atomic E-state index is 0.0205. The van der Waals surface area contributed by atoms with Crippen LogP contribution in [0.5, 0.6) is 0 Å². The van der Waals surface area contributed by atoms with E-state index >= 15 is 0 Å². The number of nitrogens with two attached hydrogens (primary N) is 1. The third-order valence-electron chi connectivity index (χ3n) is 16.4. The average molecular weight is 657 g/mol. The molecule has 6 unspecified atom stereocenters. The molecule has 8 heteroatoms. The van der Waals surface area contributed by atoms with Crippen molar-refractivity contribution < 1.29 is 28.9 Å². The minimum Gasteiger partial charge on any atom is -0.393 e. The van der Waals surface area contributed by atoms with Gasteiger partial charge in [0.2, 0.25) is 11.8 Å². The van der Waals surface area contributed by atoms with Gasteiger partial charge in [-0.25, -0.2) is 0 Å². The molecule has 266 valence electrons. The summed E-state index contributed by atoms with van der Waals surface area (Å²) >= 11 is 0. The van der Waals surface area contributed by atoms with Crippen LogP contribution < -0.4 is 5.73 Å². The molecule has 1 aliphatic heterocycles. The zero-order valence-electron chi connectivity index (χ0n) is 30.2. The van der Waals surface area contributed by atoms with E-state index in [0.717, 1.165) is 19.3 Å². The predicted octanol–water partition coefficient (Wildman–Crippen LogP) is 6.07. The number of hydrogen-bond donors (Lipinski definition) is 2. The normalized spacial score (nSPS) is 46.4. The molecule has 0 radical (unpaired) electrons. The molecule has 0 aromatic carbocycles. The summed E-state index contributed by atoms with van der Waals surface area (Å²) in [5, 5.41) is 12.1. The minimum atomic E-state index is -0.329. The zero-order chi connectivity index (χ0) is 33.6. The average Bonchev–Trinajstić information content (AvgIpc) is 3.95. The van der Waals surface area contributed by atoms with Crippen LogP contribution in [0.25, 0.3) is 0 Å². The monoisotopic (exact) mass is 656 g/mol. The summed E-state index contributed by atoms with van der Waals surface area (Å²) in [7, 11) is 1.75. The molecule has 7 fully saturated rings. The Hall–Kier alpha value is -1.22. The summed E-state index contributed by atoms with van der Waals surface area (Å²) in [6.07, 6.45) is 13.8. The molecule has 12 atom stereocenters. The van der Waals surface area contributed by atoms with Crippen LogP contribution in [-0.2, 0) is 23.8 Å². The second kappa shape index (κ2) is 11.9. The van der Waals surface area contributed by atoms with Crippen molar-refractivity contribution in [1.82, 2.24) is 4.90 Å². The number of carbonyl (C=O) groups excluding carboxylic acids is 2. The molecule has 7 rings (SSSR count). The molecule has 0 aromatic heterocycles. The highest BCUT2D eigenvalue weighted by molar-refractivity contribution is 5.76. The van der Waals surface area contributed by atoms with Gasteiger partial charge in [0.15, 0.2) is 6.29 Å². The number of aliphatic hydroxyl groups is 1. The third kappa shape index (κ3) is 5.26. The molecule has 1 saturated heterocycles. The maximum atomic E-state index is 12.9. The first-order valence-corrected chi connectivity index (χ1v) is 19.3. The highest BCUT2D eigenvalue weighted by Crippen LogP contribution is 2.89. The highest BCUT2D eigenvalue weighted by atomic mass is 16.7. The molecule has 0 aromatic rings. The zero-order valence-corrected chi connectivity index (χ0v) is 30.2. The summed E-state index contributed by atoms with van der Waals surface area (Å²) in [5.41, 5.74) is 6.15. The number of rotatable bonds is 11. The molecule has 8 nitrogen and oxygen atoms in total. The number of primary amides is 1. The molecule has 2 spiro atoms. The van der Waals surface area contributed by atoms with Crippen LogP contribution in [0.4, 0.5) is 0 Å². The van der Waals surface area contributed by atoms with Gasteiger partial charge in [-0.1, -0.05) is 34.6 Å². The number of amides is 2. The van der Waals surface area contributed by atoms with Crippen molar-refractivity contribution in [3.8, 4) is 0 Å². The third-order valence-corrected chi connectivity index (χ3v) is 16.4. The van der Waals surface area contributed by atoms with Gasteiger partial charge in [-0.3, -0.25) is 9.59 Å². The van der Waals surface area contributed by atoms with Crippen molar-refractivity contribution in [1.29, 1.82) is 0 Å². The van der Waals surface area contributed by atoms with E-state index in [0.29, 0.717) is 79.4 Å². The summed E-state index contributed by atoms with van der Waals surface area (Å²) in [6, 6.07) is 0. The van der Waals surface area contributed by atoms with Crippen LogP contribution in [0.15, 0.2) is 0 Å². The fourth-order valence-electron chi connectivity index (χ4n) is 13.5. The largest absolute Gasteiger partial charge is 0.393 e. The number of hydrogen-bond acceptors (Lipinski definition) is 6. The number of nitrogens with zero attached hydrogens (tertiary/aromatic N) is 1. The summed E-state index contributed by atoms with van der Waals surface area (Å²) < 4.78 is 18.8. The fraction of sp³-hybridized carbons (Fsp3) is 0.949. The van der Waals surface area contributed by atoms with Crippen LogP contribution in [0.3, 0.4) is 0 Å². The summed E-state index contributed by atoms with van der Waals surface area (Å²) in [4.78, 5) is 26.3. The summed E-state index contributed by atoms with van der Waals surface area (Å²) in [6.45, 7) is 14.1. The van der Waals surface area contributed by atoms with E-state index in [-0.39, 0.29) is 52.7 Å². The van der Waals surface area contributed by atoms with E-state index < -0.39 is 0 Å². The molecular formula is C39H64N2O6. The smallest absolute Gasteiger partial charge is 0.223 e. The number of aliphatic hydroxyl groups excluding tert-OH is 1. The van der Waals surface area contributed by atoms with Crippen molar-refractivity contribution in [2.75, 3.05) is 26.8 Å². The van der Waals surface area contributed by atoms with Gasteiger partial charge in [0.25, 0.3) is 0 Å². The lowest BCUT2D eigenvalue weighted by atomic mass is 9.41. The Balaban J connectivity index is 1.04. The van der Waals surface area contributed by atoms with Gasteiger partial charge >= 0.3 is 0 Å². The lowest BCUT2D eigenvalue weighted by molar-refractivity contribution is -0.248. The van der Waals surface area contributed by atoms with Crippen molar-refractivity contribution in [3.05, 3.63) is 0 Å². The van der Waals surface area contributed by atoms with Gasteiger partial charge in [0.05, 0.1) is 31.5 Å². The van der Waals surface area contributed by atoms with E-state index in [9.17, 15) is 14.7 Å². The molecule has 0 bridgehead atoms. The molecular weight excluding hydrogens is 592 g/mol. The summed E-state index contributed by atoms with van der Waals surface area (Å²) in [5.74, 6) is 2.60. The number of methoxy groups -OCH3 is 1. The van der Waals surface area contributed by atoms with E-state index in [2.05, 4.69) is 34.6 Å². The Kier molecular flexibility index (Phi) is 8.70. The van der Waals surface area contributed by atoms with Crippen molar-refractivity contribution in [2.45, 2.75) is 149 Å². The van der Waals surface area contributed by atoms with Crippen LogP contribution >= 0.6 is 0 Å². The first-order valence-electron chi connectivity index (χ1n) is 19.3.